The minimum absolute atomic E-state index is 0.136. The molecular weight excluding hydrogens is 463 g/mol. The predicted octanol–water partition coefficient (Wildman–Crippen LogP) is 5.03. The van der Waals surface area contributed by atoms with E-state index in [2.05, 4.69) is 5.32 Å². The molecule has 0 aromatic heterocycles. The molecule has 2 aromatic carbocycles. The third-order valence-corrected chi connectivity index (χ3v) is 6.00. The lowest BCUT2D eigenvalue weighted by atomic mass is 10.1. The third kappa shape index (κ3) is 6.78. The minimum atomic E-state index is -0.704. The van der Waals surface area contributed by atoms with Crippen LogP contribution in [0.1, 0.15) is 45.2 Å². The van der Waals surface area contributed by atoms with E-state index in [1.54, 1.807) is 25.1 Å². The van der Waals surface area contributed by atoms with Crippen LogP contribution in [0, 0.1) is 0 Å². The minimum Gasteiger partial charge on any atom is -0.486 e. The van der Waals surface area contributed by atoms with Gasteiger partial charge in [-0.3, -0.25) is 9.59 Å². The summed E-state index contributed by atoms with van der Waals surface area (Å²) in [7, 11) is 0. The highest BCUT2D eigenvalue weighted by Crippen LogP contribution is 2.31. The van der Waals surface area contributed by atoms with E-state index in [4.69, 9.17) is 32.7 Å². The average molecular weight is 493 g/mol. The number of ether oxygens (including phenoxy) is 2. The summed E-state index contributed by atoms with van der Waals surface area (Å²) in [5.74, 6) is 0.985. The summed E-state index contributed by atoms with van der Waals surface area (Å²) in [6.07, 6.45) is 0.713. The Morgan fingerprint density at radius 1 is 1.06 bits per heavy atom. The fraction of sp³-hybridized carbons (Fsp3) is 0.440. The molecule has 0 spiro atoms. The van der Waals surface area contributed by atoms with E-state index in [-0.39, 0.29) is 24.8 Å². The van der Waals surface area contributed by atoms with E-state index in [0.29, 0.717) is 46.7 Å². The first-order valence-corrected chi connectivity index (χ1v) is 11.7. The van der Waals surface area contributed by atoms with Crippen LogP contribution in [0.2, 0.25) is 10.0 Å². The number of hydrogen-bond donors (Lipinski definition) is 1. The molecule has 1 heterocycles. The van der Waals surface area contributed by atoms with Crippen molar-refractivity contribution in [2.75, 3.05) is 13.2 Å². The third-order valence-electron chi connectivity index (χ3n) is 5.29. The van der Waals surface area contributed by atoms with Crippen LogP contribution in [0.25, 0.3) is 0 Å². The maximum atomic E-state index is 13.3. The van der Waals surface area contributed by atoms with Gasteiger partial charge >= 0.3 is 0 Å². The quantitative estimate of drug-likeness (QED) is 0.588. The summed E-state index contributed by atoms with van der Waals surface area (Å²) in [4.78, 5) is 27.8. The number of carbonyl (C=O) groups is 2. The van der Waals surface area contributed by atoms with Crippen molar-refractivity contribution in [2.24, 2.45) is 0 Å². The van der Waals surface area contributed by atoms with E-state index >= 15 is 0 Å². The summed E-state index contributed by atoms with van der Waals surface area (Å²) in [6.45, 7) is 8.58. The Morgan fingerprint density at radius 2 is 1.70 bits per heavy atom. The van der Waals surface area contributed by atoms with Crippen LogP contribution in [0.4, 0.5) is 0 Å². The molecular formula is C25H30Cl2N2O4. The van der Waals surface area contributed by atoms with E-state index in [9.17, 15) is 9.59 Å². The summed E-state index contributed by atoms with van der Waals surface area (Å²) in [5, 5.41) is 3.86. The molecule has 0 aliphatic carbocycles. The zero-order valence-corrected chi connectivity index (χ0v) is 20.9. The van der Waals surface area contributed by atoms with Gasteiger partial charge in [0.15, 0.2) is 11.5 Å². The molecule has 2 aromatic rings. The van der Waals surface area contributed by atoms with Crippen LogP contribution < -0.4 is 14.8 Å². The van der Waals surface area contributed by atoms with Gasteiger partial charge in [-0.15, -0.1) is 0 Å². The van der Waals surface area contributed by atoms with Gasteiger partial charge in [0, 0.05) is 34.1 Å². The number of nitrogens with one attached hydrogen (secondary N) is 1. The van der Waals surface area contributed by atoms with Gasteiger partial charge in [-0.25, -0.2) is 0 Å². The molecule has 1 N–H and O–H groups in total. The Hall–Kier alpha value is -2.44. The molecule has 178 valence electrons. The first kappa shape index (κ1) is 25.2. The van der Waals surface area contributed by atoms with Crippen molar-refractivity contribution in [3.8, 4) is 11.5 Å². The van der Waals surface area contributed by atoms with Gasteiger partial charge in [-0.1, -0.05) is 35.3 Å². The summed E-state index contributed by atoms with van der Waals surface area (Å²) >= 11 is 12.7. The lowest BCUT2D eigenvalue weighted by Crippen LogP contribution is -2.52. The summed E-state index contributed by atoms with van der Waals surface area (Å²) in [6, 6.07) is 10.2. The van der Waals surface area contributed by atoms with Crippen LogP contribution in [-0.2, 0) is 22.6 Å². The molecule has 3 rings (SSSR count). The Balaban J connectivity index is 1.78. The molecule has 1 atom stereocenters. The second-order valence-corrected chi connectivity index (χ2v) is 9.93. The molecule has 6 nitrogen and oxygen atoms in total. The Kier molecular flexibility index (Phi) is 8.14. The number of benzene rings is 2. The molecule has 0 saturated heterocycles. The van der Waals surface area contributed by atoms with Crippen molar-refractivity contribution >= 4 is 35.0 Å². The Labute approximate surface area is 205 Å². The van der Waals surface area contributed by atoms with Gasteiger partial charge in [0.05, 0.1) is 0 Å². The molecule has 8 heteroatoms. The molecule has 0 fully saturated rings. The van der Waals surface area contributed by atoms with Gasteiger partial charge in [0.25, 0.3) is 0 Å². The Morgan fingerprint density at radius 3 is 2.33 bits per heavy atom. The van der Waals surface area contributed by atoms with Gasteiger partial charge in [0.2, 0.25) is 11.8 Å². The lowest BCUT2D eigenvalue weighted by Gasteiger charge is -2.32. The summed E-state index contributed by atoms with van der Waals surface area (Å²) < 4.78 is 11.2. The smallest absolute Gasteiger partial charge is 0.242 e. The van der Waals surface area contributed by atoms with E-state index in [1.807, 2.05) is 39.0 Å². The number of halogens is 2. The number of hydrogen-bond acceptors (Lipinski definition) is 4. The highest BCUT2D eigenvalue weighted by Gasteiger charge is 2.29. The largest absolute Gasteiger partial charge is 0.486 e. The van der Waals surface area contributed by atoms with Crippen LogP contribution in [0.5, 0.6) is 11.5 Å². The number of amides is 2. The second-order valence-electron chi connectivity index (χ2n) is 9.12. The van der Waals surface area contributed by atoms with Crippen molar-refractivity contribution in [1.82, 2.24) is 10.2 Å². The molecule has 0 bridgehead atoms. The number of carbonyl (C=O) groups excluding carboxylic acids is 2. The van der Waals surface area contributed by atoms with Crippen molar-refractivity contribution < 1.29 is 19.1 Å². The highest BCUT2D eigenvalue weighted by atomic mass is 35.5. The monoisotopic (exact) mass is 492 g/mol. The molecule has 1 aliphatic heterocycles. The molecule has 0 saturated carbocycles. The second kappa shape index (κ2) is 10.7. The normalized spacial score (nSPS) is 13.9. The van der Waals surface area contributed by atoms with Crippen LogP contribution >= 0.6 is 23.2 Å². The Bertz CT molecular complexity index is 1000. The molecule has 1 aliphatic rings. The van der Waals surface area contributed by atoms with Crippen LogP contribution in [0.3, 0.4) is 0 Å². The van der Waals surface area contributed by atoms with Crippen molar-refractivity contribution in [1.29, 1.82) is 0 Å². The van der Waals surface area contributed by atoms with Crippen molar-refractivity contribution in [3.05, 3.63) is 57.6 Å². The van der Waals surface area contributed by atoms with Gasteiger partial charge in [-0.2, -0.15) is 0 Å². The number of aryl methyl sites for hydroxylation is 1. The molecule has 2 amide bonds. The fourth-order valence-electron chi connectivity index (χ4n) is 3.55. The molecule has 33 heavy (non-hydrogen) atoms. The number of fused-ring (bicyclic) bond motifs is 1. The first-order valence-electron chi connectivity index (χ1n) is 11.0. The van der Waals surface area contributed by atoms with Crippen LogP contribution in [0.15, 0.2) is 36.4 Å². The first-order chi connectivity index (χ1) is 15.5. The van der Waals surface area contributed by atoms with Gasteiger partial charge in [-0.05, 0) is 63.9 Å². The summed E-state index contributed by atoms with van der Waals surface area (Å²) in [5.41, 5.74) is 1.15. The topological polar surface area (TPSA) is 67.9 Å². The zero-order chi connectivity index (χ0) is 24.2. The van der Waals surface area contributed by atoms with E-state index < -0.39 is 11.6 Å². The number of rotatable bonds is 7. The van der Waals surface area contributed by atoms with E-state index in [1.165, 1.54) is 4.90 Å². The van der Waals surface area contributed by atoms with Crippen LogP contribution in [-0.4, -0.2) is 41.5 Å². The molecule has 0 radical (unpaired) electrons. The van der Waals surface area contributed by atoms with Crippen molar-refractivity contribution in [2.45, 2.75) is 58.7 Å². The maximum Gasteiger partial charge on any atom is 0.242 e. The highest BCUT2D eigenvalue weighted by molar-refractivity contribution is 6.36. The molecule has 1 unspecified atom stereocenters. The maximum absolute atomic E-state index is 13.3. The SMILES string of the molecule is CC(C(=O)NC(C)(C)C)N(Cc1c(Cl)cccc1Cl)C(=O)CCc1ccc2c(c1)OCCO2. The zero-order valence-electron chi connectivity index (χ0n) is 19.4. The average Bonchev–Trinajstić information content (AvgIpc) is 2.75. The van der Waals surface area contributed by atoms with Gasteiger partial charge < -0.3 is 19.7 Å². The van der Waals surface area contributed by atoms with Gasteiger partial charge in [0.1, 0.15) is 19.3 Å². The lowest BCUT2D eigenvalue weighted by molar-refractivity contribution is -0.141. The van der Waals surface area contributed by atoms with Crippen molar-refractivity contribution in [3.63, 3.8) is 0 Å². The fourth-order valence-corrected chi connectivity index (χ4v) is 4.07. The number of nitrogens with zero attached hydrogens (tertiary/aromatic N) is 1. The standard InChI is InChI=1S/C25H30Cl2N2O4/c1-16(24(31)28-25(2,3)4)29(15-18-19(26)6-5-7-20(18)27)23(30)11-9-17-8-10-21-22(14-17)33-13-12-32-21/h5-8,10,14,16H,9,11-13,15H2,1-4H3,(H,28,31). The van der Waals surface area contributed by atoms with E-state index in [0.717, 1.165) is 5.56 Å². The predicted molar refractivity (Wildman–Crippen MR) is 130 cm³/mol.